The lowest BCUT2D eigenvalue weighted by atomic mass is 10.2. The van der Waals surface area contributed by atoms with Gasteiger partial charge in [-0.1, -0.05) is 0 Å². The highest BCUT2D eigenvalue weighted by atomic mass is 16.3. The number of aromatic hydroxyl groups is 1. The van der Waals surface area contributed by atoms with Crippen LogP contribution in [0.4, 0.5) is 5.69 Å². The number of hydrogen-bond donors (Lipinski definition) is 2. The Labute approximate surface area is 69.2 Å². The average Bonchev–Trinajstić information content (AvgIpc) is 2.30. The molecule has 0 spiro atoms. The Morgan fingerprint density at radius 1 is 1.50 bits per heavy atom. The Kier molecular flexibility index (Phi) is 1.24. The van der Waals surface area contributed by atoms with Gasteiger partial charge in [0.1, 0.15) is 5.75 Å². The fourth-order valence-corrected chi connectivity index (χ4v) is 1.20. The van der Waals surface area contributed by atoms with Crippen LogP contribution in [0.15, 0.2) is 18.3 Å². The minimum atomic E-state index is 0.0844. The SMILES string of the molecule is Cn1cc2cc(N)c(O)cc2n1. The van der Waals surface area contributed by atoms with Gasteiger partial charge in [0.05, 0.1) is 11.2 Å². The lowest BCUT2D eigenvalue weighted by Crippen LogP contribution is -1.85. The summed E-state index contributed by atoms with van der Waals surface area (Å²) in [6.45, 7) is 0. The van der Waals surface area contributed by atoms with Crippen molar-refractivity contribution in [2.24, 2.45) is 7.05 Å². The van der Waals surface area contributed by atoms with Gasteiger partial charge in [0.2, 0.25) is 0 Å². The third-order valence-electron chi connectivity index (χ3n) is 1.77. The fraction of sp³-hybridized carbons (Fsp3) is 0.125. The van der Waals surface area contributed by atoms with Gasteiger partial charge in [-0.05, 0) is 6.07 Å². The number of aryl methyl sites for hydroxylation is 1. The number of anilines is 1. The van der Waals surface area contributed by atoms with E-state index in [0.717, 1.165) is 10.9 Å². The molecule has 0 aliphatic heterocycles. The summed E-state index contributed by atoms with van der Waals surface area (Å²) >= 11 is 0. The first kappa shape index (κ1) is 6.97. The maximum Gasteiger partial charge on any atom is 0.140 e. The maximum atomic E-state index is 9.25. The number of nitrogens with two attached hydrogens (primary N) is 1. The molecule has 4 heteroatoms. The number of nitrogen functional groups attached to an aromatic ring is 1. The molecule has 1 aromatic carbocycles. The molecule has 1 heterocycles. The molecular formula is C8H9N3O. The summed E-state index contributed by atoms with van der Waals surface area (Å²) in [6.07, 6.45) is 1.85. The summed E-state index contributed by atoms with van der Waals surface area (Å²) in [5, 5.41) is 14.3. The van der Waals surface area contributed by atoms with Gasteiger partial charge >= 0.3 is 0 Å². The number of nitrogens with zero attached hydrogens (tertiary/aromatic N) is 2. The Balaban J connectivity index is 2.83. The summed E-state index contributed by atoms with van der Waals surface area (Å²) in [7, 11) is 1.83. The lowest BCUT2D eigenvalue weighted by molar-refractivity contribution is 0.478. The van der Waals surface area contributed by atoms with Crippen LogP contribution >= 0.6 is 0 Å². The molecule has 0 amide bonds. The predicted octanol–water partition coefficient (Wildman–Crippen LogP) is 0.861. The Morgan fingerprint density at radius 3 is 3.00 bits per heavy atom. The molecule has 12 heavy (non-hydrogen) atoms. The second-order valence-corrected chi connectivity index (χ2v) is 2.77. The smallest absolute Gasteiger partial charge is 0.140 e. The van der Waals surface area contributed by atoms with Crippen molar-refractivity contribution in [3.8, 4) is 5.75 Å². The normalized spacial score (nSPS) is 10.8. The standard InChI is InChI=1S/C8H9N3O/c1-11-4-5-2-6(9)8(12)3-7(5)10-11/h2-4,12H,9H2,1H3. The van der Waals surface area contributed by atoms with Gasteiger partial charge < -0.3 is 10.8 Å². The molecule has 0 aliphatic carbocycles. The minimum absolute atomic E-state index is 0.0844. The molecule has 0 unspecified atom stereocenters. The fourth-order valence-electron chi connectivity index (χ4n) is 1.20. The first-order valence-corrected chi connectivity index (χ1v) is 3.58. The number of phenolic OH excluding ortho intramolecular Hbond substituents is 1. The number of hydrogen-bond acceptors (Lipinski definition) is 3. The molecule has 2 rings (SSSR count). The van der Waals surface area contributed by atoms with E-state index in [4.69, 9.17) is 5.73 Å². The number of phenols is 1. The summed E-state index contributed by atoms with van der Waals surface area (Å²) in [4.78, 5) is 0. The largest absolute Gasteiger partial charge is 0.506 e. The third-order valence-corrected chi connectivity index (χ3v) is 1.77. The van der Waals surface area contributed by atoms with Crippen LogP contribution in [0, 0.1) is 0 Å². The van der Waals surface area contributed by atoms with Crippen LogP contribution in [0.3, 0.4) is 0 Å². The summed E-state index contributed by atoms with van der Waals surface area (Å²) in [5.41, 5.74) is 6.65. The van der Waals surface area contributed by atoms with Crippen molar-refractivity contribution in [1.29, 1.82) is 0 Å². The molecular weight excluding hydrogens is 154 g/mol. The van der Waals surface area contributed by atoms with E-state index >= 15 is 0 Å². The van der Waals surface area contributed by atoms with E-state index in [1.165, 1.54) is 0 Å². The van der Waals surface area contributed by atoms with Crippen LogP contribution in [-0.4, -0.2) is 14.9 Å². The van der Waals surface area contributed by atoms with E-state index in [1.54, 1.807) is 16.8 Å². The highest BCUT2D eigenvalue weighted by Gasteiger charge is 2.02. The van der Waals surface area contributed by atoms with Gasteiger partial charge in [0.15, 0.2) is 0 Å². The van der Waals surface area contributed by atoms with Crippen LogP contribution < -0.4 is 5.73 Å². The maximum absolute atomic E-state index is 9.25. The van der Waals surface area contributed by atoms with Gasteiger partial charge in [-0.2, -0.15) is 5.10 Å². The van der Waals surface area contributed by atoms with Crippen molar-refractivity contribution < 1.29 is 5.11 Å². The minimum Gasteiger partial charge on any atom is -0.506 e. The monoisotopic (exact) mass is 163 g/mol. The number of benzene rings is 1. The van der Waals surface area contributed by atoms with E-state index in [2.05, 4.69) is 5.10 Å². The Bertz CT molecular complexity index is 394. The topological polar surface area (TPSA) is 64.1 Å². The molecule has 0 aliphatic rings. The Hall–Kier alpha value is -1.71. The second-order valence-electron chi connectivity index (χ2n) is 2.77. The Morgan fingerprint density at radius 2 is 2.25 bits per heavy atom. The molecule has 0 saturated carbocycles. The van der Waals surface area contributed by atoms with Crippen molar-refractivity contribution in [1.82, 2.24) is 9.78 Å². The van der Waals surface area contributed by atoms with Gasteiger partial charge in [-0.15, -0.1) is 0 Å². The lowest BCUT2D eigenvalue weighted by Gasteiger charge is -1.95. The van der Waals surface area contributed by atoms with Crippen LogP contribution in [-0.2, 0) is 7.05 Å². The van der Waals surface area contributed by atoms with Gasteiger partial charge in [0.25, 0.3) is 0 Å². The van der Waals surface area contributed by atoms with Crippen molar-refractivity contribution >= 4 is 16.6 Å². The van der Waals surface area contributed by atoms with Crippen LogP contribution in [0.2, 0.25) is 0 Å². The third kappa shape index (κ3) is 0.887. The van der Waals surface area contributed by atoms with Crippen molar-refractivity contribution in [2.75, 3.05) is 5.73 Å². The highest BCUT2D eigenvalue weighted by Crippen LogP contribution is 2.25. The molecule has 0 radical (unpaired) electrons. The number of rotatable bonds is 0. The van der Waals surface area contributed by atoms with E-state index in [0.29, 0.717) is 5.69 Å². The van der Waals surface area contributed by atoms with E-state index in [1.807, 2.05) is 13.2 Å². The zero-order valence-electron chi connectivity index (χ0n) is 6.65. The molecule has 0 saturated heterocycles. The molecule has 4 nitrogen and oxygen atoms in total. The van der Waals surface area contributed by atoms with Crippen LogP contribution in [0.1, 0.15) is 0 Å². The van der Waals surface area contributed by atoms with Crippen molar-refractivity contribution in [2.45, 2.75) is 0 Å². The number of fused-ring (bicyclic) bond motifs is 1. The van der Waals surface area contributed by atoms with Gasteiger partial charge in [0, 0.05) is 24.7 Å². The van der Waals surface area contributed by atoms with E-state index in [-0.39, 0.29) is 5.75 Å². The zero-order valence-corrected chi connectivity index (χ0v) is 6.65. The van der Waals surface area contributed by atoms with Crippen LogP contribution in [0.25, 0.3) is 10.9 Å². The quantitative estimate of drug-likeness (QED) is 0.447. The summed E-state index contributed by atoms with van der Waals surface area (Å²) in [6, 6.07) is 3.27. The zero-order chi connectivity index (χ0) is 8.72. The molecule has 0 atom stereocenters. The van der Waals surface area contributed by atoms with Gasteiger partial charge in [-0.25, -0.2) is 0 Å². The highest BCUT2D eigenvalue weighted by molar-refractivity contribution is 5.84. The average molecular weight is 163 g/mol. The molecule has 3 N–H and O–H groups in total. The van der Waals surface area contributed by atoms with E-state index in [9.17, 15) is 5.11 Å². The molecule has 62 valence electrons. The molecule has 2 aromatic rings. The van der Waals surface area contributed by atoms with E-state index < -0.39 is 0 Å². The first-order chi connectivity index (χ1) is 5.66. The molecule has 1 aromatic heterocycles. The van der Waals surface area contributed by atoms with Crippen molar-refractivity contribution in [3.05, 3.63) is 18.3 Å². The number of aromatic nitrogens is 2. The van der Waals surface area contributed by atoms with Gasteiger partial charge in [-0.3, -0.25) is 4.68 Å². The second kappa shape index (κ2) is 2.14. The molecule has 0 fully saturated rings. The first-order valence-electron chi connectivity index (χ1n) is 3.58. The van der Waals surface area contributed by atoms with Crippen LogP contribution in [0.5, 0.6) is 5.75 Å². The summed E-state index contributed by atoms with van der Waals surface area (Å²) < 4.78 is 1.68. The predicted molar refractivity (Wildman–Crippen MR) is 46.8 cm³/mol. The van der Waals surface area contributed by atoms with Crippen molar-refractivity contribution in [3.63, 3.8) is 0 Å². The molecule has 0 bridgehead atoms. The summed E-state index contributed by atoms with van der Waals surface area (Å²) in [5.74, 6) is 0.0844.